The third-order valence-electron chi connectivity index (χ3n) is 4.43. The van der Waals surface area contributed by atoms with E-state index in [2.05, 4.69) is 31.3 Å². The summed E-state index contributed by atoms with van der Waals surface area (Å²) in [6, 6.07) is 12.2. The Bertz CT molecular complexity index is 730. The first-order valence-corrected chi connectivity index (χ1v) is 8.75. The lowest BCUT2D eigenvalue weighted by atomic mass is 9.99. The Kier molecular flexibility index (Phi) is 6.57. The van der Waals surface area contributed by atoms with Crippen molar-refractivity contribution in [2.24, 2.45) is 0 Å². The van der Waals surface area contributed by atoms with E-state index in [0.29, 0.717) is 6.42 Å². The maximum absolute atomic E-state index is 13.8. The molecule has 0 unspecified atom stereocenters. The largest absolute Gasteiger partial charge is 0.478 e. The summed E-state index contributed by atoms with van der Waals surface area (Å²) >= 11 is 0. The van der Waals surface area contributed by atoms with E-state index in [-0.39, 0.29) is 17.7 Å². The number of hydrogen-bond donors (Lipinski definition) is 1. The first-order chi connectivity index (χ1) is 12.0. The smallest absolute Gasteiger partial charge is 0.261 e. The van der Waals surface area contributed by atoms with E-state index in [1.807, 2.05) is 19.9 Å². The van der Waals surface area contributed by atoms with Crippen LogP contribution in [0.5, 0.6) is 5.75 Å². The molecule has 134 valence electrons. The average Bonchev–Trinajstić information content (AvgIpc) is 2.61. The topological polar surface area (TPSA) is 38.3 Å². The second-order valence-electron chi connectivity index (χ2n) is 6.26. The quantitative estimate of drug-likeness (QED) is 0.779. The van der Waals surface area contributed by atoms with Crippen LogP contribution in [0, 0.1) is 19.7 Å². The number of carbonyl (C=O) groups is 1. The van der Waals surface area contributed by atoms with Crippen LogP contribution in [0.15, 0.2) is 42.5 Å². The highest BCUT2D eigenvalue weighted by Gasteiger charge is 2.23. The third kappa shape index (κ3) is 4.81. The number of nitrogens with one attached hydrogen (secondary N) is 1. The molecule has 0 aliphatic heterocycles. The van der Waals surface area contributed by atoms with Crippen LogP contribution in [0.1, 0.15) is 49.4 Å². The minimum absolute atomic E-state index is 0.0925. The van der Waals surface area contributed by atoms with Gasteiger partial charge in [0.05, 0.1) is 6.04 Å². The fourth-order valence-corrected chi connectivity index (χ4v) is 2.68. The lowest BCUT2D eigenvalue weighted by Crippen LogP contribution is -2.40. The van der Waals surface area contributed by atoms with Crippen molar-refractivity contribution in [3.05, 3.63) is 65.0 Å². The molecule has 2 aromatic carbocycles. The average molecular weight is 343 g/mol. The standard InChI is InChI=1S/C21H26FNO2/c1-5-18(16-12-11-14(3)15(4)13-16)23-21(24)19(6-2)25-20-10-8-7-9-17(20)22/h7-13,18-19H,5-6H2,1-4H3,(H,23,24)/t18-,19-/m0/s1. The van der Waals surface area contributed by atoms with E-state index in [0.717, 1.165) is 12.0 Å². The van der Waals surface area contributed by atoms with Gasteiger partial charge < -0.3 is 10.1 Å². The highest BCUT2D eigenvalue weighted by Crippen LogP contribution is 2.22. The van der Waals surface area contributed by atoms with Gasteiger partial charge in [-0.3, -0.25) is 4.79 Å². The van der Waals surface area contributed by atoms with Crippen molar-refractivity contribution in [2.45, 2.75) is 52.7 Å². The minimum Gasteiger partial charge on any atom is -0.478 e. The van der Waals surface area contributed by atoms with Gasteiger partial charge in [-0.1, -0.05) is 44.2 Å². The molecule has 0 aliphatic rings. The van der Waals surface area contributed by atoms with Crippen molar-refractivity contribution in [3.63, 3.8) is 0 Å². The van der Waals surface area contributed by atoms with E-state index < -0.39 is 11.9 Å². The molecule has 25 heavy (non-hydrogen) atoms. The SMILES string of the molecule is CC[C@H](Oc1ccccc1F)C(=O)N[C@@H](CC)c1ccc(C)c(C)c1. The second kappa shape index (κ2) is 8.65. The number of para-hydroxylation sites is 1. The van der Waals surface area contributed by atoms with Crippen molar-refractivity contribution in [2.75, 3.05) is 0 Å². The van der Waals surface area contributed by atoms with Gasteiger partial charge in [0.15, 0.2) is 17.7 Å². The fraction of sp³-hybridized carbons (Fsp3) is 0.381. The monoisotopic (exact) mass is 343 g/mol. The van der Waals surface area contributed by atoms with Gasteiger partial charge >= 0.3 is 0 Å². The van der Waals surface area contributed by atoms with E-state index in [4.69, 9.17) is 4.74 Å². The van der Waals surface area contributed by atoms with Gasteiger partial charge in [-0.05, 0) is 55.5 Å². The maximum atomic E-state index is 13.8. The Morgan fingerprint density at radius 1 is 1.08 bits per heavy atom. The number of aryl methyl sites for hydroxylation is 2. The summed E-state index contributed by atoms with van der Waals surface area (Å²) in [6.07, 6.45) is 0.506. The molecular formula is C21H26FNO2. The highest BCUT2D eigenvalue weighted by molar-refractivity contribution is 5.81. The lowest BCUT2D eigenvalue weighted by Gasteiger charge is -2.23. The third-order valence-corrected chi connectivity index (χ3v) is 4.43. The number of ether oxygens (including phenoxy) is 1. The summed E-state index contributed by atoms with van der Waals surface area (Å²) in [5, 5.41) is 3.03. The highest BCUT2D eigenvalue weighted by atomic mass is 19.1. The predicted molar refractivity (Wildman–Crippen MR) is 98.2 cm³/mol. The number of hydrogen-bond acceptors (Lipinski definition) is 2. The van der Waals surface area contributed by atoms with Crippen molar-refractivity contribution < 1.29 is 13.9 Å². The predicted octanol–water partition coefficient (Wildman–Crippen LogP) is 4.87. The molecule has 0 radical (unpaired) electrons. The van der Waals surface area contributed by atoms with Gasteiger partial charge in [-0.15, -0.1) is 0 Å². The van der Waals surface area contributed by atoms with Gasteiger partial charge in [-0.2, -0.15) is 0 Å². The van der Waals surface area contributed by atoms with E-state index in [1.54, 1.807) is 12.1 Å². The summed E-state index contributed by atoms with van der Waals surface area (Å²) in [6.45, 7) is 8.00. The second-order valence-corrected chi connectivity index (χ2v) is 6.26. The minimum atomic E-state index is -0.725. The first kappa shape index (κ1) is 19.0. The zero-order valence-corrected chi connectivity index (χ0v) is 15.3. The fourth-order valence-electron chi connectivity index (χ4n) is 2.68. The Balaban J connectivity index is 2.11. The molecule has 0 aliphatic carbocycles. The molecule has 1 amide bonds. The van der Waals surface area contributed by atoms with Crippen LogP contribution in [-0.4, -0.2) is 12.0 Å². The molecule has 2 rings (SSSR count). The molecule has 0 bridgehead atoms. The number of rotatable bonds is 7. The van der Waals surface area contributed by atoms with Crippen LogP contribution in [0.2, 0.25) is 0 Å². The van der Waals surface area contributed by atoms with Crippen LogP contribution < -0.4 is 10.1 Å². The van der Waals surface area contributed by atoms with Gasteiger partial charge in [0.25, 0.3) is 5.91 Å². The number of halogens is 1. The van der Waals surface area contributed by atoms with Gasteiger partial charge in [-0.25, -0.2) is 4.39 Å². The van der Waals surface area contributed by atoms with Crippen LogP contribution in [0.25, 0.3) is 0 Å². The Morgan fingerprint density at radius 2 is 1.80 bits per heavy atom. The Labute approximate surface area is 149 Å². The molecule has 4 heteroatoms. The van der Waals surface area contributed by atoms with E-state index in [1.165, 1.54) is 23.3 Å². The van der Waals surface area contributed by atoms with E-state index in [9.17, 15) is 9.18 Å². The Hall–Kier alpha value is -2.36. The van der Waals surface area contributed by atoms with Crippen LogP contribution in [0.4, 0.5) is 4.39 Å². The van der Waals surface area contributed by atoms with Crippen LogP contribution in [-0.2, 0) is 4.79 Å². The van der Waals surface area contributed by atoms with Crippen molar-refractivity contribution >= 4 is 5.91 Å². The molecule has 1 N–H and O–H groups in total. The molecule has 0 saturated heterocycles. The zero-order valence-electron chi connectivity index (χ0n) is 15.3. The molecule has 2 atom stereocenters. The molecule has 0 aromatic heterocycles. The van der Waals surface area contributed by atoms with Gasteiger partial charge in [0.2, 0.25) is 0 Å². The Morgan fingerprint density at radius 3 is 2.40 bits per heavy atom. The molecule has 0 fully saturated rings. The van der Waals surface area contributed by atoms with Gasteiger partial charge in [0, 0.05) is 0 Å². The summed E-state index contributed by atoms with van der Waals surface area (Å²) in [5.74, 6) is -0.588. The molecule has 0 heterocycles. The summed E-state index contributed by atoms with van der Waals surface area (Å²) in [7, 11) is 0. The summed E-state index contributed by atoms with van der Waals surface area (Å²) < 4.78 is 19.4. The lowest BCUT2D eigenvalue weighted by molar-refractivity contribution is -0.129. The van der Waals surface area contributed by atoms with E-state index >= 15 is 0 Å². The first-order valence-electron chi connectivity index (χ1n) is 8.75. The molecular weight excluding hydrogens is 317 g/mol. The van der Waals surface area contributed by atoms with Crippen molar-refractivity contribution in [1.82, 2.24) is 5.32 Å². The number of carbonyl (C=O) groups excluding carboxylic acids is 1. The van der Waals surface area contributed by atoms with Gasteiger partial charge in [0.1, 0.15) is 0 Å². The molecule has 2 aromatic rings. The van der Waals surface area contributed by atoms with Crippen molar-refractivity contribution in [3.8, 4) is 5.75 Å². The van der Waals surface area contributed by atoms with Crippen LogP contribution in [0.3, 0.4) is 0 Å². The normalized spacial score (nSPS) is 13.2. The number of benzene rings is 2. The molecule has 0 spiro atoms. The van der Waals surface area contributed by atoms with Crippen LogP contribution >= 0.6 is 0 Å². The number of amides is 1. The summed E-state index contributed by atoms with van der Waals surface area (Å²) in [4.78, 5) is 12.6. The van der Waals surface area contributed by atoms with Crippen molar-refractivity contribution in [1.29, 1.82) is 0 Å². The zero-order chi connectivity index (χ0) is 18.4. The maximum Gasteiger partial charge on any atom is 0.261 e. The molecule has 0 saturated carbocycles. The molecule has 3 nitrogen and oxygen atoms in total. The summed E-state index contributed by atoms with van der Waals surface area (Å²) in [5.41, 5.74) is 3.48.